The SMILES string of the molecule is CCOc1cc(NC(=O)c2ccccc2)c(OCC)cc1C.COc1cc(NC(=O)c2ccccc2)ccc1C. The number of carbonyl (C=O) groups excluding carboxylic acids is 2. The number of hydrogen-bond acceptors (Lipinski definition) is 5. The highest BCUT2D eigenvalue weighted by Gasteiger charge is 2.13. The molecule has 0 saturated heterocycles. The number of amides is 2. The zero-order valence-corrected chi connectivity index (χ0v) is 23.6. The van der Waals surface area contributed by atoms with Crippen LogP contribution in [0.25, 0.3) is 0 Å². The molecule has 0 spiro atoms. The predicted octanol–water partition coefficient (Wildman–Crippen LogP) is 7.30. The van der Waals surface area contributed by atoms with E-state index in [2.05, 4.69) is 10.6 Å². The summed E-state index contributed by atoms with van der Waals surface area (Å²) >= 11 is 0. The van der Waals surface area contributed by atoms with Crippen molar-refractivity contribution in [3.8, 4) is 17.2 Å². The molecule has 7 nitrogen and oxygen atoms in total. The quantitative estimate of drug-likeness (QED) is 0.233. The first-order valence-corrected chi connectivity index (χ1v) is 13.1. The summed E-state index contributed by atoms with van der Waals surface area (Å²) in [6.07, 6.45) is 0. The van der Waals surface area contributed by atoms with Crippen LogP contribution in [0.3, 0.4) is 0 Å². The van der Waals surface area contributed by atoms with Crippen LogP contribution in [0, 0.1) is 13.8 Å². The van der Waals surface area contributed by atoms with Gasteiger partial charge in [-0.2, -0.15) is 0 Å². The molecule has 0 aromatic heterocycles. The molecule has 0 aliphatic rings. The van der Waals surface area contributed by atoms with E-state index in [-0.39, 0.29) is 11.8 Å². The number of nitrogens with one attached hydrogen (secondary N) is 2. The molecule has 0 saturated carbocycles. The minimum Gasteiger partial charge on any atom is -0.496 e. The van der Waals surface area contributed by atoms with Crippen LogP contribution in [0.2, 0.25) is 0 Å². The van der Waals surface area contributed by atoms with Gasteiger partial charge in [-0.1, -0.05) is 42.5 Å². The first-order valence-electron chi connectivity index (χ1n) is 13.1. The van der Waals surface area contributed by atoms with Crippen LogP contribution in [-0.2, 0) is 0 Å². The van der Waals surface area contributed by atoms with Gasteiger partial charge in [0.25, 0.3) is 11.8 Å². The molecule has 0 unspecified atom stereocenters. The lowest BCUT2D eigenvalue weighted by molar-refractivity contribution is 0.101. The van der Waals surface area contributed by atoms with E-state index in [0.29, 0.717) is 35.8 Å². The molecule has 0 fully saturated rings. The van der Waals surface area contributed by atoms with Gasteiger partial charge in [0, 0.05) is 28.9 Å². The molecule has 4 aromatic carbocycles. The van der Waals surface area contributed by atoms with Gasteiger partial charge in [0.15, 0.2) is 0 Å². The normalized spacial score (nSPS) is 10.0. The van der Waals surface area contributed by atoms with Crippen molar-refractivity contribution in [2.24, 2.45) is 0 Å². The molecule has 0 aliphatic heterocycles. The van der Waals surface area contributed by atoms with Gasteiger partial charge in [0.1, 0.15) is 17.2 Å². The van der Waals surface area contributed by atoms with Gasteiger partial charge < -0.3 is 24.8 Å². The van der Waals surface area contributed by atoms with E-state index in [4.69, 9.17) is 14.2 Å². The molecular formula is C33H36N2O5. The second-order valence-corrected chi connectivity index (χ2v) is 8.80. The summed E-state index contributed by atoms with van der Waals surface area (Å²) in [7, 11) is 1.62. The fourth-order valence-corrected chi connectivity index (χ4v) is 3.82. The van der Waals surface area contributed by atoms with Crippen LogP contribution in [0.1, 0.15) is 45.7 Å². The van der Waals surface area contributed by atoms with Crippen molar-refractivity contribution >= 4 is 23.2 Å². The number of ether oxygens (including phenoxy) is 3. The van der Waals surface area contributed by atoms with Crippen LogP contribution in [0.5, 0.6) is 17.2 Å². The first kappa shape index (κ1) is 29.8. The lowest BCUT2D eigenvalue weighted by Crippen LogP contribution is -2.13. The largest absolute Gasteiger partial charge is 0.496 e. The Morgan fingerprint density at radius 1 is 0.625 bits per heavy atom. The van der Waals surface area contributed by atoms with Crippen molar-refractivity contribution in [1.82, 2.24) is 0 Å². The number of rotatable bonds is 9. The van der Waals surface area contributed by atoms with Crippen LogP contribution in [0.15, 0.2) is 91.0 Å². The van der Waals surface area contributed by atoms with Crippen molar-refractivity contribution in [3.05, 3.63) is 113 Å². The fourth-order valence-electron chi connectivity index (χ4n) is 3.82. The lowest BCUT2D eigenvalue weighted by atomic mass is 10.1. The highest BCUT2D eigenvalue weighted by molar-refractivity contribution is 6.05. The Morgan fingerprint density at radius 2 is 1.18 bits per heavy atom. The molecule has 0 aliphatic carbocycles. The van der Waals surface area contributed by atoms with E-state index >= 15 is 0 Å². The van der Waals surface area contributed by atoms with Gasteiger partial charge in [-0.3, -0.25) is 9.59 Å². The average Bonchev–Trinajstić information content (AvgIpc) is 2.97. The van der Waals surface area contributed by atoms with Gasteiger partial charge in [0.05, 0.1) is 26.0 Å². The Kier molecular flexibility index (Phi) is 11.1. The molecule has 40 heavy (non-hydrogen) atoms. The van der Waals surface area contributed by atoms with E-state index in [1.54, 1.807) is 31.4 Å². The van der Waals surface area contributed by atoms with Crippen molar-refractivity contribution < 1.29 is 23.8 Å². The maximum Gasteiger partial charge on any atom is 0.255 e. The van der Waals surface area contributed by atoms with Crippen LogP contribution >= 0.6 is 0 Å². The van der Waals surface area contributed by atoms with E-state index < -0.39 is 0 Å². The Bertz CT molecular complexity index is 1410. The highest BCUT2D eigenvalue weighted by atomic mass is 16.5. The number of hydrogen-bond donors (Lipinski definition) is 2. The molecule has 4 aromatic rings. The molecule has 4 rings (SSSR count). The molecule has 2 amide bonds. The molecule has 0 bridgehead atoms. The minimum atomic E-state index is -0.173. The summed E-state index contributed by atoms with van der Waals surface area (Å²) in [5.74, 6) is 1.86. The standard InChI is InChI=1S/C18H21NO3.C15H15NO2/c1-4-21-16-12-15(17(22-5-2)11-13(16)3)19-18(20)14-9-7-6-8-10-14;1-11-8-9-13(10-14(11)18-2)16-15(17)12-6-4-3-5-7-12/h6-12H,4-5H2,1-3H3,(H,19,20);3-10H,1-2H3,(H,16,17). The van der Waals surface area contributed by atoms with Crippen LogP contribution < -0.4 is 24.8 Å². The van der Waals surface area contributed by atoms with Gasteiger partial charge in [-0.05, 0) is 75.2 Å². The minimum absolute atomic E-state index is 0.124. The Hall–Kier alpha value is -4.78. The highest BCUT2D eigenvalue weighted by Crippen LogP contribution is 2.33. The van der Waals surface area contributed by atoms with Crippen LogP contribution in [-0.4, -0.2) is 32.1 Å². The second kappa shape index (κ2) is 15.0. The molecule has 0 heterocycles. The van der Waals surface area contributed by atoms with Crippen molar-refractivity contribution in [2.75, 3.05) is 31.0 Å². The Labute approximate surface area is 236 Å². The number of aryl methyl sites for hydroxylation is 2. The van der Waals surface area contributed by atoms with E-state index in [0.717, 1.165) is 28.3 Å². The summed E-state index contributed by atoms with van der Waals surface area (Å²) in [5.41, 5.74) is 4.59. The summed E-state index contributed by atoms with van der Waals surface area (Å²) in [5, 5.41) is 5.73. The molecule has 0 radical (unpaired) electrons. The topological polar surface area (TPSA) is 85.9 Å². The number of carbonyl (C=O) groups is 2. The Balaban J connectivity index is 0.000000225. The second-order valence-electron chi connectivity index (χ2n) is 8.80. The maximum absolute atomic E-state index is 12.3. The summed E-state index contributed by atoms with van der Waals surface area (Å²) in [6.45, 7) is 8.85. The number of methoxy groups -OCH3 is 1. The monoisotopic (exact) mass is 540 g/mol. The predicted molar refractivity (Wildman–Crippen MR) is 160 cm³/mol. The summed E-state index contributed by atoms with van der Waals surface area (Å²) in [4.78, 5) is 24.3. The fraction of sp³-hybridized carbons (Fsp3) is 0.212. The molecule has 7 heteroatoms. The van der Waals surface area contributed by atoms with Crippen LogP contribution in [0.4, 0.5) is 11.4 Å². The zero-order chi connectivity index (χ0) is 28.9. The number of anilines is 2. The van der Waals surface area contributed by atoms with Gasteiger partial charge in [-0.25, -0.2) is 0 Å². The van der Waals surface area contributed by atoms with E-state index in [9.17, 15) is 9.59 Å². The smallest absolute Gasteiger partial charge is 0.255 e. The maximum atomic E-state index is 12.3. The molecule has 0 atom stereocenters. The molecular weight excluding hydrogens is 504 g/mol. The van der Waals surface area contributed by atoms with Crippen molar-refractivity contribution in [3.63, 3.8) is 0 Å². The van der Waals surface area contributed by atoms with Gasteiger partial charge >= 0.3 is 0 Å². The Morgan fingerprint density at radius 3 is 1.73 bits per heavy atom. The summed E-state index contributed by atoms with van der Waals surface area (Å²) < 4.78 is 16.4. The molecule has 2 N–H and O–H groups in total. The van der Waals surface area contributed by atoms with Crippen molar-refractivity contribution in [1.29, 1.82) is 0 Å². The summed E-state index contributed by atoms with van der Waals surface area (Å²) in [6, 6.07) is 27.5. The molecule has 208 valence electrons. The third-order valence-corrected chi connectivity index (χ3v) is 5.86. The van der Waals surface area contributed by atoms with Gasteiger partial charge in [-0.15, -0.1) is 0 Å². The zero-order valence-electron chi connectivity index (χ0n) is 23.6. The van der Waals surface area contributed by atoms with Gasteiger partial charge in [0.2, 0.25) is 0 Å². The van der Waals surface area contributed by atoms with E-state index in [1.807, 2.05) is 94.4 Å². The van der Waals surface area contributed by atoms with E-state index in [1.165, 1.54) is 0 Å². The number of benzene rings is 4. The third kappa shape index (κ3) is 8.36. The first-order chi connectivity index (χ1) is 19.4. The van der Waals surface area contributed by atoms with Crippen molar-refractivity contribution in [2.45, 2.75) is 27.7 Å². The third-order valence-electron chi connectivity index (χ3n) is 5.86. The average molecular weight is 541 g/mol. The lowest BCUT2D eigenvalue weighted by Gasteiger charge is -2.15.